The summed E-state index contributed by atoms with van der Waals surface area (Å²) in [6.07, 6.45) is 6.37. The number of nitrogens with one attached hydrogen (secondary N) is 1. The molecule has 1 aliphatic carbocycles. The van der Waals surface area contributed by atoms with Gasteiger partial charge in [-0.3, -0.25) is 4.79 Å². The second-order valence-electron chi connectivity index (χ2n) is 7.21. The summed E-state index contributed by atoms with van der Waals surface area (Å²) in [6.45, 7) is 0.538. The third kappa shape index (κ3) is 4.36. The summed E-state index contributed by atoms with van der Waals surface area (Å²) < 4.78 is 24.4. The van der Waals surface area contributed by atoms with E-state index in [1.807, 2.05) is 6.07 Å². The van der Waals surface area contributed by atoms with Crippen LogP contribution in [0.4, 0.5) is 0 Å². The standard InChI is InChI=1S/C18H26N2O3S.ClH/c19-13-18(9-4-1-5-10-18)12-17(21)20-15-8-11-24(22,23)16-7-3-2-6-14(15)16;/h2-3,6-7,15H,1,4-5,8-13,19H2,(H,20,21);1H. The van der Waals surface area contributed by atoms with Crippen LogP contribution in [0.1, 0.15) is 56.6 Å². The van der Waals surface area contributed by atoms with Gasteiger partial charge in [0.05, 0.1) is 16.7 Å². The molecule has 1 aromatic rings. The van der Waals surface area contributed by atoms with Crippen molar-refractivity contribution in [2.24, 2.45) is 11.1 Å². The van der Waals surface area contributed by atoms with Gasteiger partial charge in [0.2, 0.25) is 5.91 Å². The minimum atomic E-state index is -3.23. The fraction of sp³-hybridized carbons (Fsp3) is 0.611. The van der Waals surface area contributed by atoms with Crippen LogP contribution in [0.5, 0.6) is 0 Å². The van der Waals surface area contributed by atoms with Crippen molar-refractivity contribution >= 4 is 28.2 Å². The molecular weight excluding hydrogens is 360 g/mol. The molecule has 1 atom stereocenters. The summed E-state index contributed by atoms with van der Waals surface area (Å²) in [4.78, 5) is 13.0. The summed E-state index contributed by atoms with van der Waals surface area (Å²) in [7, 11) is -3.23. The number of amides is 1. The molecule has 3 rings (SSSR count). The lowest BCUT2D eigenvalue weighted by Crippen LogP contribution is -2.40. The van der Waals surface area contributed by atoms with Crippen LogP contribution >= 0.6 is 12.4 Å². The maximum atomic E-state index is 12.6. The van der Waals surface area contributed by atoms with E-state index in [2.05, 4.69) is 5.32 Å². The second kappa shape index (κ2) is 8.06. The summed E-state index contributed by atoms with van der Waals surface area (Å²) in [6, 6.07) is 6.76. The molecule has 0 saturated heterocycles. The van der Waals surface area contributed by atoms with Gasteiger partial charge in [-0.05, 0) is 42.9 Å². The highest BCUT2D eigenvalue weighted by molar-refractivity contribution is 7.91. The van der Waals surface area contributed by atoms with Gasteiger partial charge in [0.25, 0.3) is 0 Å². The molecule has 1 unspecified atom stereocenters. The lowest BCUT2D eigenvalue weighted by Gasteiger charge is -2.36. The van der Waals surface area contributed by atoms with Crippen molar-refractivity contribution in [3.63, 3.8) is 0 Å². The molecule has 0 spiro atoms. The monoisotopic (exact) mass is 386 g/mol. The van der Waals surface area contributed by atoms with E-state index in [9.17, 15) is 13.2 Å². The van der Waals surface area contributed by atoms with Crippen molar-refractivity contribution in [1.29, 1.82) is 0 Å². The first-order valence-electron chi connectivity index (χ1n) is 8.77. The van der Waals surface area contributed by atoms with E-state index in [1.165, 1.54) is 6.42 Å². The number of hydrogen-bond donors (Lipinski definition) is 2. The van der Waals surface area contributed by atoms with E-state index < -0.39 is 9.84 Å². The van der Waals surface area contributed by atoms with Crippen LogP contribution in [-0.2, 0) is 14.6 Å². The van der Waals surface area contributed by atoms with Gasteiger partial charge < -0.3 is 11.1 Å². The molecule has 1 heterocycles. The summed E-state index contributed by atoms with van der Waals surface area (Å²) in [5, 5.41) is 3.06. The van der Waals surface area contributed by atoms with Gasteiger partial charge in [-0.25, -0.2) is 8.42 Å². The van der Waals surface area contributed by atoms with Crippen LogP contribution in [0.25, 0.3) is 0 Å². The first-order chi connectivity index (χ1) is 11.5. The Balaban J connectivity index is 0.00000225. The zero-order chi connectivity index (χ0) is 17.2. The third-order valence-corrected chi connectivity index (χ3v) is 7.34. The minimum absolute atomic E-state index is 0. The molecule has 0 bridgehead atoms. The van der Waals surface area contributed by atoms with Gasteiger partial charge in [-0.1, -0.05) is 37.5 Å². The van der Waals surface area contributed by atoms with Crippen molar-refractivity contribution < 1.29 is 13.2 Å². The van der Waals surface area contributed by atoms with Gasteiger partial charge in [-0.2, -0.15) is 0 Å². The van der Waals surface area contributed by atoms with Crippen molar-refractivity contribution in [2.75, 3.05) is 12.3 Å². The molecule has 3 N–H and O–H groups in total. The first kappa shape index (κ1) is 20.2. The Morgan fingerprint density at radius 1 is 1.20 bits per heavy atom. The van der Waals surface area contributed by atoms with Gasteiger partial charge in [0.1, 0.15) is 0 Å². The zero-order valence-electron chi connectivity index (χ0n) is 14.4. The summed E-state index contributed by atoms with van der Waals surface area (Å²) in [5.74, 6) is 0.0678. The number of carbonyl (C=O) groups is 1. The van der Waals surface area contributed by atoms with Crippen LogP contribution in [-0.4, -0.2) is 26.6 Å². The van der Waals surface area contributed by atoms with Gasteiger partial charge in [-0.15, -0.1) is 12.4 Å². The average molecular weight is 387 g/mol. The molecule has 1 saturated carbocycles. The highest BCUT2D eigenvalue weighted by atomic mass is 35.5. The molecule has 1 aromatic carbocycles. The maximum absolute atomic E-state index is 12.6. The quantitative estimate of drug-likeness (QED) is 0.832. The number of nitrogens with two attached hydrogens (primary N) is 1. The normalized spacial score (nSPS) is 23.8. The second-order valence-corrected chi connectivity index (χ2v) is 9.28. The molecule has 2 aliphatic rings. The van der Waals surface area contributed by atoms with Crippen molar-refractivity contribution in [1.82, 2.24) is 5.32 Å². The van der Waals surface area contributed by atoms with E-state index in [0.29, 0.717) is 29.8 Å². The minimum Gasteiger partial charge on any atom is -0.349 e. The third-order valence-electron chi connectivity index (χ3n) is 5.52. The largest absolute Gasteiger partial charge is 0.349 e. The van der Waals surface area contributed by atoms with Crippen LogP contribution < -0.4 is 11.1 Å². The van der Waals surface area contributed by atoms with Crippen molar-refractivity contribution in [2.45, 2.75) is 55.9 Å². The molecule has 1 amide bonds. The van der Waals surface area contributed by atoms with E-state index in [1.54, 1.807) is 18.2 Å². The number of sulfone groups is 1. The molecule has 1 fully saturated rings. The molecule has 25 heavy (non-hydrogen) atoms. The van der Waals surface area contributed by atoms with Crippen LogP contribution in [0, 0.1) is 5.41 Å². The maximum Gasteiger partial charge on any atom is 0.221 e. The number of halogens is 1. The first-order valence-corrected chi connectivity index (χ1v) is 10.4. The Morgan fingerprint density at radius 2 is 1.88 bits per heavy atom. The number of fused-ring (bicyclic) bond motifs is 1. The zero-order valence-corrected chi connectivity index (χ0v) is 16.0. The fourth-order valence-corrected chi connectivity index (χ4v) is 5.70. The Kier molecular flexibility index (Phi) is 6.51. The molecule has 5 nitrogen and oxygen atoms in total. The van der Waals surface area contributed by atoms with Crippen LogP contribution in [0.15, 0.2) is 29.2 Å². The molecular formula is C18H27ClN2O3S. The number of hydrogen-bond acceptors (Lipinski definition) is 4. The predicted molar refractivity (Wildman–Crippen MR) is 100 cm³/mol. The number of carbonyl (C=O) groups excluding carboxylic acids is 1. The smallest absolute Gasteiger partial charge is 0.221 e. The molecule has 140 valence electrons. The topological polar surface area (TPSA) is 89.3 Å². The lowest BCUT2D eigenvalue weighted by atomic mass is 9.71. The van der Waals surface area contributed by atoms with Gasteiger partial charge in [0, 0.05) is 6.42 Å². The summed E-state index contributed by atoms with van der Waals surface area (Å²) >= 11 is 0. The predicted octanol–water partition coefficient (Wildman–Crippen LogP) is 2.74. The molecule has 1 aliphatic heterocycles. The SMILES string of the molecule is Cl.NCC1(CC(=O)NC2CCS(=O)(=O)c3ccccc32)CCCCC1. The highest BCUT2D eigenvalue weighted by Gasteiger charge is 2.35. The number of benzene rings is 1. The molecule has 7 heteroatoms. The van der Waals surface area contributed by atoms with Crippen molar-refractivity contribution in [3.05, 3.63) is 29.8 Å². The molecule has 0 radical (unpaired) electrons. The van der Waals surface area contributed by atoms with E-state index >= 15 is 0 Å². The lowest BCUT2D eigenvalue weighted by molar-refractivity contribution is -0.124. The van der Waals surface area contributed by atoms with Crippen LogP contribution in [0.3, 0.4) is 0 Å². The Labute approximate surface area is 156 Å². The van der Waals surface area contributed by atoms with Gasteiger partial charge >= 0.3 is 0 Å². The Bertz CT molecular complexity index is 715. The summed E-state index contributed by atoms with van der Waals surface area (Å²) in [5.41, 5.74) is 6.60. The van der Waals surface area contributed by atoms with E-state index in [-0.39, 0.29) is 35.5 Å². The van der Waals surface area contributed by atoms with Crippen molar-refractivity contribution in [3.8, 4) is 0 Å². The van der Waals surface area contributed by atoms with E-state index in [4.69, 9.17) is 5.73 Å². The van der Waals surface area contributed by atoms with Crippen LogP contribution in [0.2, 0.25) is 0 Å². The Hall–Kier alpha value is -1.11. The highest BCUT2D eigenvalue weighted by Crippen LogP contribution is 2.39. The Morgan fingerprint density at radius 3 is 2.56 bits per heavy atom. The fourth-order valence-electron chi connectivity index (χ4n) is 4.08. The molecule has 0 aromatic heterocycles. The van der Waals surface area contributed by atoms with E-state index in [0.717, 1.165) is 25.7 Å². The average Bonchev–Trinajstić information content (AvgIpc) is 2.58. The van der Waals surface area contributed by atoms with Gasteiger partial charge in [0.15, 0.2) is 9.84 Å². The number of rotatable bonds is 4.